The molecule has 0 fully saturated rings. The third kappa shape index (κ3) is 45.1. The van der Waals surface area contributed by atoms with Gasteiger partial charge in [-0.2, -0.15) is 0 Å². The van der Waals surface area contributed by atoms with E-state index in [1.54, 1.807) is 0 Å². The van der Waals surface area contributed by atoms with Gasteiger partial charge in [-0.3, -0.25) is 0 Å². The van der Waals surface area contributed by atoms with E-state index in [0.717, 1.165) is 32.4 Å². The van der Waals surface area contributed by atoms with Crippen molar-refractivity contribution in [2.24, 2.45) is 11.5 Å². The van der Waals surface area contributed by atoms with Crippen LogP contribution < -0.4 is 22.1 Å². The third-order valence-corrected chi connectivity index (χ3v) is 2.21. The molecule has 0 saturated heterocycles. The van der Waals surface area contributed by atoms with Crippen molar-refractivity contribution in [1.29, 1.82) is 0 Å². The molecule has 0 saturated carbocycles. The van der Waals surface area contributed by atoms with Crippen molar-refractivity contribution in [1.82, 2.24) is 10.6 Å². The molecule has 0 aromatic heterocycles. The summed E-state index contributed by atoms with van der Waals surface area (Å²) >= 11 is 9.06. The largest absolute Gasteiger partial charge is 0.376 e. The fourth-order valence-electron chi connectivity index (χ4n) is 0.669. The summed E-state index contributed by atoms with van der Waals surface area (Å²) in [7, 11) is -2.11. The minimum atomic E-state index is -2.11. The highest BCUT2D eigenvalue weighted by molar-refractivity contribution is 7.80. The average Bonchev–Trinajstić information content (AvgIpc) is 2.41. The van der Waals surface area contributed by atoms with Gasteiger partial charge in [0, 0.05) is 13.1 Å². The van der Waals surface area contributed by atoms with Crippen molar-refractivity contribution in [2.45, 2.75) is 40.0 Å². The molecule has 0 bridgehead atoms. The van der Waals surface area contributed by atoms with E-state index in [9.17, 15) is 0 Å². The van der Waals surface area contributed by atoms with Gasteiger partial charge in [0.15, 0.2) is 10.2 Å². The Hall–Kier alpha value is -0.310. The first-order valence-electron chi connectivity index (χ1n) is 6.69. The van der Waals surface area contributed by atoms with Gasteiger partial charge >= 0.3 is 8.60 Å². The molecule has 0 amide bonds. The van der Waals surface area contributed by atoms with E-state index in [2.05, 4.69) is 53.4 Å². The van der Waals surface area contributed by atoms with Crippen molar-refractivity contribution in [3.05, 3.63) is 0 Å². The molecule has 21 heavy (non-hydrogen) atoms. The summed E-state index contributed by atoms with van der Waals surface area (Å²) in [6, 6.07) is 0. The van der Waals surface area contributed by atoms with Crippen LogP contribution in [0.1, 0.15) is 40.0 Å². The molecule has 0 aromatic carbocycles. The molecule has 0 aliphatic carbocycles. The molecule has 10 heteroatoms. The molecule has 0 aromatic rings. The molecular formula is C11H29N4O3PS2. The second-order valence-electron chi connectivity index (χ2n) is 3.67. The van der Waals surface area contributed by atoms with Gasteiger partial charge in [-0.15, -0.1) is 0 Å². The van der Waals surface area contributed by atoms with Crippen LogP contribution in [0.25, 0.3) is 0 Å². The molecule has 0 heterocycles. The second kappa shape index (κ2) is 22.0. The van der Waals surface area contributed by atoms with E-state index in [-0.39, 0.29) is 0 Å². The zero-order valence-corrected chi connectivity index (χ0v) is 15.5. The maximum Gasteiger partial charge on any atom is 0.327 e. The van der Waals surface area contributed by atoms with Crippen molar-refractivity contribution >= 4 is 43.3 Å². The second-order valence-corrected chi connectivity index (χ2v) is 5.31. The number of nitrogens with two attached hydrogens (primary N) is 2. The SMILES string of the molecule is CCCNC(N)=S.CCCNC(N)=S.CCCOP(O)O. The maximum atomic E-state index is 8.08. The summed E-state index contributed by atoms with van der Waals surface area (Å²) in [5.41, 5.74) is 10.2. The summed E-state index contributed by atoms with van der Waals surface area (Å²) < 4.78 is 4.37. The Bertz CT molecular complexity index is 232. The van der Waals surface area contributed by atoms with Crippen LogP contribution in [0.2, 0.25) is 0 Å². The lowest BCUT2D eigenvalue weighted by molar-refractivity contribution is 0.255. The van der Waals surface area contributed by atoms with E-state index in [1.165, 1.54) is 0 Å². The highest BCUT2D eigenvalue weighted by Gasteiger charge is 1.93. The first-order valence-corrected chi connectivity index (χ1v) is 8.67. The van der Waals surface area contributed by atoms with E-state index in [4.69, 9.17) is 21.3 Å². The number of rotatable bonds is 7. The zero-order valence-electron chi connectivity index (χ0n) is 13.0. The van der Waals surface area contributed by atoms with Crippen molar-refractivity contribution < 1.29 is 14.3 Å². The van der Waals surface area contributed by atoms with Crippen LogP contribution in [-0.4, -0.2) is 39.7 Å². The van der Waals surface area contributed by atoms with Crippen LogP contribution in [0.5, 0.6) is 0 Å². The molecule has 7 nitrogen and oxygen atoms in total. The predicted molar refractivity (Wildman–Crippen MR) is 97.8 cm³/mol. The molecular weight excluding hydrogens is 331 g/mol. The van der Waals surface area contributed by atoms with Crippen molar-refractivity contribution in [2.75, 3.05) is 19.7 Å². The standard InChI is InChI=1S/2C4H10N2S.C3H9O3P/c2*1-2-3-6-4(5)7;1-2-3-6-7(4)5/h2*2-3H2,1H3,(H3,5,6,7);4-5H,2-3H2,1H3. The number of thiocarbonyl (C=S) groups is 2. The molecule has 0 spiro atoms. The van der Waals surface area contributed by atoms with Gasteiger partial charge in [0.25, 0.3) is 0 Å². The smallest absolute Gasteiger partial charge is 0.327 e. The normalized spacial score (nSPS) is 8.86. The number of nitrogens with one attached hydrogen (secondary N) is 2. The third-order valence-electron chi connectivity index (χ3n) is 1.51. The molecule has 0 unspecified atom stereocenters. The van der Waals surface area contributed by atoms with Crippen molar-refractivity contribution in [3.63, 3.8) is 0 Å². The summed E-state index contributed by atoms with van der Waals surface area (Å²) in [6.07, 6.45) is 2.95. The Kier molecular flexibility index (Phi) is 26.8. The first kappa shape index (κ1) is 25.6. The number of hydrogen-bond donors (Lipinski definition) is 6. The fraction of sp³-hybridized carbons (Fsp3) is 0.818. The first-order chi connectivity index (χ1) is 9.81. The molecule has 0 aliphatic rings. The van der Waals surface area contributed by atoms with Gasteiger partial charge < -0.3 is 36.4 Å². The Labute approximate surface area is 139 Å². The Balaban J connectivity index is -0.000000231. The minimum absolute atomic E-state index is 0.391. The van der Waals surface area contributed by atoms with Gasteiger partial charge in [-0.25, -0.2) is 0 Å². The lowest BCUT2D eigenvalue weighted by Gasteiger charge is -1.98. The highest BCUT2D eigenvalue weighted by Crippen LogP contribution is 2.23. The van der Waals surface area contributed by atoms with Crippen LogP contribution in [0.15, 0.2) is 0 Å². The Morgan fingerprint density at radius 3 is 1.43 bits per heavy atom. The summed E-state index contributed by atoms with van der Waals surface area (Å²) in [4.78, 5) is 16.2. The van der Waals surface area contributed by atoms with E-state index < -0.39 is 8.60 Å². The van der Waals surface area contributed by atoms with Crippen LogP contribution in [0, 0.1) is 0 Å². The van der Waals surface area contributed by atoms with Crippen molar-refractivity contribution in [3.8, 4) is 0 Å². The minimum Gasteiger partial charge on any atom is -0.376 e. The molecule has 128 valence electrons. The lowest BCUT2D eigenvalue weighted by atomic mass is 10.5. The van der Waals surface area contributed by atoms with Gasteiger partial charge in [0.1, 0.15) is 0 Å². The van der Waals surface area contributed by atoms with Gasteiger partial charge in [0.2, 0.25) is 0 Å². The van der Waals surface area contributed by atoms with Crippen LogP contribution in [0.3, 0.4) is 0 Å². The quantitative estimate of drug-likeness (QED) is 0.292. The zero-order chi connectivity index (χ0) is 17.1. The van der Waals surface area contributed by atoms with E-state index >= 15 is 0 Å². The number of hydrogen-bond acceptors (Lipinski definition) is 5. The molecule has 0 rings (SSSR count). The van der Waals surface area contributed by atoms with Gasteiger partial charge in [-0.05, 0) is 43.7 Å². The van der Waals surface area contributed by atoms with E-state index in [0.29, 0.717) is 16.8 Å². The van der Waals surface area contributed by atoms with Crippen LogP contribution in [-0.2, 0) is 4.52 Å². The van der Waals surface area contributed by atoms with Gasteiger partial charge in [-0.1, -0.05) is 20.8 Å². The Morgan fingerprint density at radius 2 is 1.33 bits per heavy atom. The highest BCUT2D eigenvalue weighted by atomic mass is 32.1. The maximum absolute atomic E-state index is 8.08. The molecule has 0 atom stereocenters. The lowest BCUT2D eigenvalue weighted by Crippen LogP contribution is -2.29. The molecule has 0 aliphatic heterocycles. The summed E-state index contributed by atoms with van der Waals surface area (Å²) in [6.45, 7) is 8.22. The summed E-state index contributed by atoms with van der Waals surface area (Å²) in [5.74, 6) is 0. The topological polar surface area (TPSA) is 126 Å². The fourth-order valence-corrected chi connectivity index (χ4v) is 1.22. The average molecular weight is 360 g/mol. The van der Waals surface area contributed by atoms with Crippen LogP contribution in [0.4, 0.5) is 0 Å². The molecule has 0 radical (unpaired) electrons. The predicted octanol–water partition coefficient (Wildman–Crippen LogP) is 1.08. The van der Waals surface area contributed by atoms with Crippen LogP contribution >= 0.6 is 33.0 Å². The van der Waals surface area contributed by atoms with E-state index in [1.807, 2.05) is 6.92 Å². The Morgan fingerprint density at radius 1 is 0.952 bits per heavy atom. The van der Waals surface area contributed by atoms with Gasteiger partial charge in [0.05, 0.1) is 6.61 Å². The monoisotopic (exact) mass is 360 g/mol. The summed E-state index contributed by atoms with van der Waals surface area (Å²) in [5, 5.41) is 6.39. The molecule has 8 N–H and O–H groups in total.